The lowest BCUT2D eigenvalue weighted by atomic mass is 9.76. The Bertz CT molecular complexity index is 667. The fourth-order valence-electron chi connectivity index (χ4n) is 3.05. The summed E-state index contributed by atoms with van der Waals surface area (Å²) in [5.41, 5.74) is 11.5. The van der Waals surface area contributed by atoms with Crippen LogP contribution in [0.2, 0.25) is 0 Å². The minimum atomic E-state index is -0.152. The number of nitrogens with two attached hydrogens (primary N) is 1. The van der Waals surface area contributed by atoms with Crippen LogP contribution in [0.15, 0.2) is 60.4 Å². The summed E-state index contributed by atoms with van der Waals surface area (Å²) in [6, 6.07) is 3.95. The highest BCUT2D eigenvalue weighted by Gasteiger charge is 2.39. The van der Waals surface area contributed by atoms with Crippen molar-refractivity contribution in [3.05, 3.63) is 71.6 Å². The van der Waals surface area contributed by atoms with Gasteiger partial charge >= 0.3 is 0 Å². The van der Waals surface area contributed by atoms with E-state index in [2.05, 4.69) is 49.4 Å². The van der Waals surface area contributed by atoms with Gasteiger partial charge in [-0.05, 0) is 37.5 Å². The van der Waals surface area contributed by atoms with Crippen LogP contribution < -0.4 is 11.1 Å². The Hall–Kier alpha value is -2.29. The molecule has 1 atom stereocenters. The van der Waals surface area contributed by atoms with E-state index >= 15 is 0 Å². The van der Waals surface area contributed by atoms with Gasteiger partial charge in [0.1, 0.15) is 5.82 Å². The molecule has 3 N–H and O–H groups in total. The molecule has 1 heterocycles. The molecule has 0 aromatic carbocycles. The van der Waals surface area contributed by atoms with Gasteiger partial charge in [0.05, 0.1) is 0 Å². The molecule has 0 aliphatic heterocycles. The van der Waals surface area contributed by atoms with Crippen LogP contribution in [0.5, 0.6) is 0 Å². The summed E-state index contributed by atoms with van der Waals surface area (Å²) >= 11 is 0. The monoisotopic (exact) mass is 295 g/mol. The smallest absolute Gasteiger partial charge is 0.123 e. The van der Waals surface area contributed by atoms with Gasteiger partial charge < -0.3 is 11.1 Å². The normalized spacial score (nSPS) is 21.9. The summed E-state index contributed by atoms with van der Waals surface area (Å²) in [7, 11) is 1.95. The quantitative estimate of drug-likeness (QED) is 0.645. The van der Waals surface area contributed by atoms with E-state index in [1.54, 1.807) is 0 Å². The molecule has 1 aromatic rings. The van der Waals surface area contributed by atoms with Crippen LogP contribution in [0.1, 0.15) is 25.1 Å². The number of nitrogen functional groups attached to an aromatic ring is 1. The van der Waals surface area contributed by atoms with Crippen molar-refractivity contribution >= 4 is 5.82 Å². The summed E-state index contributed by atoms with van der Waals surface area (Å²) in [5, 5.41) is 3.28. The number of pyridine rings is 1. The first-order valence-corrected chi connectivity index (χ1v) is 7.53. The Labute approximate surface area is 133 Å². The van der Waals surface area contributed by atoms with Crippen LogP contribution in [0.25, 0.3) is 0 Å². The third-order valence-electron chi connectivity index (χ3n) is 4.48. The van der Waals surface area contributed by atoms with Gasteiger partial charge in [-0.2, -0.15) is 0 Å². The molecule has 1 unspecified atom stereocenters. The molecule has 0 saturated heterocycles. The standard InChI is InChI=1S/C19H25N3/c1-6-13(3)10-16(14(4)21-5)19(7-2)11-15-8-9-18(20)22-17(15)12-19/h6-10,21H,1-2,11-12H2,3-5H3,(H2,20,22)/b13-10-,16-14-. The summed E-state index contributed by atoms with van der Waals surface area (Å²) in [6.07, 6.45) is 7.84. The number of hydrogen-bond acceptors (Lipinski definition) is 3. The molecule has 22 heavy (non-hydrogen) atoms. The molecule has 0 fully saturated rings. The van der Waals surface area contributed by atoms with Crippen molar-refractivity contribution in [3.63, 3.8) is 0 Å². The molecule has 0 bridgehead atoms. The topological polar surface area (TPSA) is 50.9 Å². The molecule has 0 spiro atoms. The van der Waals surface area contributed by atoms with Gasteiger partial charge in [-0.25, -0.2) is 4.98 Å². The van der Waals surface area contributed by atoms with Crippen LogP contribution in [0, 0.1) is 5.41 Å². The molecule has 0 saturated carbocycles. The first-order chi connectivity index (χ1) is 10.5. The van der Waals surface area contributed by atoms with Crippen molar-refractivity contribution in [2.45, 2.75) is 26.7 Å². The van der Waals surface area contributed by atoms with E-state index < -0.39 is 0 Å². The number of hydrogen-bond donors (Lipinski definition) is 2. The Morgan fingerprint density at radius 1 is 1.32 bits per heavy atom. The van der Waals surface area contributed by atoms with Gasteiger partial charge in [-0.3, -0.25) is 0 Å². The van der Waals surface area contributed by atoms with E-state index in [0.29, 0.717) is 5.82 Å². The van der Waals surface area contributed by atoms with E-state index in [1.165, 1.54) is 11.1 Å². The minimum absolute atomic E-state index is 0.152. The highest BCUT2D eigenvalue weighted by atomic mass is 14.9. The minimum Gasteiger partial charge on any atom is -0.391 e. The number of rotatable bonds is 5. The lowest BCUT2D eigenvalue weighted by Crippen LogP contribution is -2.24. The Morgan fingerprint density at radius 2 is 2.05 bits per heavy atom. The average molecular weight is 295 g/mol. The number of nitrogens with zero attached hydrogens (tertiary/aromatic N) is 1. The second kappa shape index (κ2) is 6.22. The van der Waals surface area contributed by atoms with Gasteiger partial charge in [0.2, 0.25) is 0 Å². The fraction of sp³-hybridized carbons (Fsp3) is 0.316. The Balaban J connectivity index is 2.55. The Kier molecular flexibility index (Phi) is 4.55. The summed E-state index contributed by atoms with van der Waals surface area (Å²) in [6.45, 7) is 12.1. The zero-order valence-electron chi connectivity index (χ0n) is 13.7. The zero-order valence-corrected chi connectivity index (χ0v) is 13.7. The van der Waals surface area contributed by atoms with E-state index in [4.69, 9.17) is 5.73 Å². The average Bonchev–Trinajstić information content (AvgIpc) is 2.90. The van der Waals surface area contributed by atoms with Gasteiger partial charge in [0.25, 0.3) is 0 Å². The number of nitrogens with one attached hydrogen (secondary N) is 1. The summed E-state index contributed by atoms with van der Waals surface area (Å²) in [5.74, 6) is 0.576. The van der Waals surface area contributed by atoms with Gasteiger partial charge in [-0.15, -0.1) is 6.58 Å². The third-order valence-corrected chi connectivity index (χ3v) is 4.48. The molecule has 1 aliphatic carbocycles. The molecule has 2 rings (SSSR count). The van der Waals surface area contributed by atoms with Crippen LogP contribution in [0.3, 0.4) is 0 Å². The first kappa shape index (κ1) is 16.1. The van der Waals surface area contributed by atoms with Gasteiger partial charge in [-0.1, -0.05) is 36.4 Å². The van der Waals surface area contributed by atoms with Crippen LogP contribution in [-0.2, 0) is 12.8 Å². The predicted molar refractivity (Wildman–Crippen MR) is 94.4 cm³/mol. The zero-order chi connectivity index (χ0) is 16.3. The van der Waals surface area contributed by atoms with E-state index in [9.17, 15) is 0 Å². The lowest BCUT2D eigenvalue weighted by Gasteiger charge is -2.29. The van der Waals surface area contributed by atoms with Crippen molar-refractivity contribution in [1.82, 2.24) is 10.3 Å². The van der Waals surface area contributed by atoms with Crippen LogP contribution in [-0.4, -0.2) is 12.0 Å². The number of aromatic nitrogens is 1. The molecule has 3 nitrogen and oxygen atoms in total. The second-order valence-corrected chi connectivity index (χ2v) is 5.94. The molecule has 0 radical (unpaired) electrons. The molecule has 1 aliphatic rings. The largest absolute Gasteiger partial charge is 0.391 e. The van der Waals surface area contributed by atoms with E-state index in [-0.39, 0.29) is 5.41 Å². The predicted octanol–water partition coefficient (Wildman–Crippen LogP) is 3.56. The van der Waals surface area contributed by atoms with Gasteiger partial charge in [0.15, 0.2) is 0 Å². The van der Waals surface area contributed by atoms with Gasteiger partial charge in [0, 0.05) is 30.3 Å². The van der Waals surface area contributed by atoms with Crippen LogP contribution >= 0.6 is 0 Å². The Morgan fingerprint density at radius 3 is 2.64 bits per heavy atom. The molecule has 3 heteroatoms. The maximum absolute atomic E-state index is 5.84. The van der Waals surface area contributed by atoms with Crippen molar-refractivity contribution in [2.75, 3.05) is 12.8 Å². The maximum Gasteiger partial charge on any atom is 0.123 e. The molecule has 116 valence electrons. The maximum atomic E-state index is 5.84. The molecular weight excluding hydrogens is 270 g/mol. The fourth-order valence-corrected chi connectivity index (χ4v) is 3.05. The SMILES string of the molecule is C=C/C(C)=C\C(=C(/C)NC)C1(C=C)Cc2ccc(N)nc2C1. The number of allylic oxidation sites excluding steroid dienone is 6. The van der Waals surface area contributed by atoms with Crippen molar-refractivity contribution in [3.8, 4) is 0 Å². The lowest BCUT2D eigenvalue weighted by molar-refractivity contribution is 0.493. The highest BCUT2D eigenvalue weighted by Crippen LogP contribution is 2.45. The summed E-state index contributed by atoms with van der Waals surface area (Å²) < 4.78 is 0. The van der Waals surface area contributed by atoms with Crippen molar-refractivity contribution in [2.24, 2.45) is 5.41 Å². The van der Waals surface area contributed by atoms with E-state index in [1.807, 2.05) is 25.3 Å². The summed E-state index contributed by atoms with van der Waals surface area (Å²) in [4.78, 5) is 4.51. The molecule has 0 amide bonds. The number of anilines is 1. The second-order valence-electron chi connectivity index (χ2n) is 5.94. The highest BCUT2D eigenvalue weighted by molar-refractivity contribution is 5.47. The van der Waals surface area contributed by atoms with E-state index in [0.717, 1.165) is 29.8 Å². The number of fused-ring (bicyclic) bond motifs is 1. The van der Waals surface area contributed by atoms with Crippen LogP contribution in [0.4, 0.5) is 5.82 Å². The molecular formula is C19H25N3. The van der Waals surface area contributed by atoms with Crippen molar-refractivity contribution < 1.29 is 0 Å². The molecule has 1 aromatic heterocycles. The third kappa shape index (κ3) is 2.84. The van der Waals surface area contributed by atoms with Crippen molar-refractivity contribution in [1.29, 1.82) is 0 Å². The first-order valence-electron chi connectivity index (χ1n) is 7.53.